The molecule has 1 N–H and O–H groups in total. The van der Waals surface area contributed by atoms with Gasteiger partial charge in [0.05, 0.1) is 7.11 Å². The van der Waals surface area contributed by atoms with Crippen LogP contribution in [0.25, 0.3) is 0 Å². The summed E-state index contributed by atoms with van der Waals surface area (Å²) in [6, 6.07) is 17.8. The van der Waals surface area contributed by atoms with Gasteiger partial charge in [0.2, 0.25) is 0 Å². The number of nitrogens with one attached hydrogen (secondary N) is 1. The lowest BCUT2D eigenvalue weighted by atomic mass is 10.0. The molecular weight excluding hydrogens is 402 g/mol. The highest BCUT2D eigenvalue weighted by Crippen LogP contribution is 2.18. The summed E-state index contributed by atoms with van der Waals surface area (Å²) < 4.78 is 7.37. The number of amides is 1. The maximum absolute atomic E-state index is 12.4. The van der Waals surface area contributed by atoms with E-state index < -0.39 is 0 Å². The van der Waals surface area contributed by atoms with Gasteiger partial charge in [-0.25, -0.2) is 0 Å². The molecule has 0 spiro atoms. The van der Waals surface area contributed by atoms with Crippen molar-refractivity contribution in [3.05, 3.63) is 77.4 Å². The van der Waals surface area contributed by atoms with E-state index in [1.54, 1.807) is 31.4 Å². The van der Waals surface area contributed by atoms with Crippen LogP contribution < -0.4 is 10.1 Å². The van der Waals surface area contributed by atoms with Crippen LogP contribution in [0.15, 0.2) is 54.6 Å². The predicted molar refractivity (Wildman–Crippen MR) is 124 cm³/mol. The van der Waals surface area contributed by atoms with Crippen molar-refractivity contribution >= 4 is 5.91 Å². The van der Waals surface area contributed by atoms with E-state index in [0.717, 1.165) is 50.0 Å². The van der Waals surface area contributed by atoms with E-state index in [4.69, 9.17) is 4.74 Å². The molecule has 1 aliphatic heterocycles. The number of aromatic nitrogens is 3. The first-order valence-electron chi connectivity index (χ1n) is 11.2. The molecule has 4 rings (SSSR count). The summed E-state index contributed by atoms with van der Waals surface area (Å²) in [6.07, 6.45) is 1.56. The van der Waals surface area contributed by atoms with Crippen LogP contribution in [0.3, 0.4) is 0 Å². The first kappa shape index (κ1) is 22.0. The fourth-order valence-corrected chi connectivity index (χ4v) is 4.20. The lowest BCUT2D eigenvalue weighted by Crippen LogP contribution is -2.31. The third-order valence-electron chi connectivity index (χ3n) is 6.08. The second-order valence-electron chi connectivity index (χ2n) is 8.28. The summed E-state index contributed by atoms with van der Waals surface area (Å²) in [7, 11) is 1.61. The van der Waals surface area contributed by atoms with Gasteiger partial charge in [0.25, 0.3) is 5.91 Å². The SMILES string of the molecule is COc1ccc(C(=O)NCCc2nnc3n2CCN(CC(C)c2ccccc2)CC3)cc1. The zero-order valence-electron chi connectivity index (χ0n) is 18.8. The van der Waals surface area contributed by atoms with Gasteiger partial charge in [-0.3, -0.25) is 4.79 Å². The van der Waals surface area contributed by atoms with Crippen molar-refractivity contribution in [2.75, 3.05) is 33.3 Å². The van der Waals surface area contributed by atoms with Crippen LogP contribution in [-0.2, 0) is 19.4 Å². The molecule has 32 heavy (non-hydrogen) atoms. The highest BCUT2D eigenvalue weighted by atomic mass is 16.5. The molecule has 1 amide bonds. The van der Waals surface area contributed by atoms with E-state index in [-0.39, 0.29) is 5.91 Å². The van der Waals surface area contributed by atoms with Gasteiger partial charge in [-0.1, -0.05) is 37.3 Å². The summed E-state index contributed by atoms with van der Waals surface area (Å²) in [5, 5.41) is 11.8. The number of hydrogen-bond acceptors (Lipinski definition) is 5. The van der Waals surface area contributed by atoms with Crippen molar-refractivity contribution in [2.45, 2.75) is 32.2 Å². The average molecular weight is 434 g/mol. The minimum Gasteiger partial charge on any atom is -0.497 e. The molecule has 7 heteroatoms. The van der Waals surface area contributed by atoms with E-state index in [0.29, 0.717) is 24.4 Å². The van der Waals surface area contributed by atoms with Crippen LogP contribution >= 0.6 is 0 Å². The van der Waals surface area contributed by atoms with Crippen molar-refractivity contribution in [2.24, 2.45) is 0 Å². The van der Waals surface area contributed by atoms with Crippen LogP contribution in [0.4, 0.5) is 0 Å². The number of nitrogens with zero attached hydrogens (tertiary/aromatic N) is 4. The molecule has 2 heterocycles. The maximum atomic E-state index is 12.4. The highest BCUT2D eigenvalue weighted by Gasteiger charge is 2.20. The monoisotopic (exact) mass is 433 g/mol. The summed E-state index contributed by atoms with van der Waals surface area (Å²) in [6.45, 7) is 6.70. The summed E-state index contributed by atoms with van der Waals surface area (Å²) in [5.41, 5.74) is 2.00. The number of carbonyl (C=O) groups is 1. The van der Waals surface area contributed by atoms with Gasteiger partial charge >= 0.3 is 0 Å². The Morgan fingerprint density at radius 3 is 2.59 bits per heavy atom. The smallest absolute Gasteiger partial charge is 0.251 e. The van der Waals surface area contributed by atoms with Crippen LogP contribution in [-0.4, -0.2) is 58.9 Å². The molecule has 0 saturated heterocycles. The van der Waals surface area contributed by atoms with Gasteiger partial charge in [-0.15, -0.1) is 10.2 Å². The van der Waals surface area contributed by atoms with E-state index in [2.05, 4.69) is 62.2 Å². The summed E-state index contributed by atoms with van der Waals surface area (Å²) in [5.74, 6) is 3.11. The highest BCUT2D eigenvalue weighted by molar-refractivity contribution is 5.94. The first-order valence-corrected chi connectivity index (χ1v) is 11.2. The zero-order chi connectivity index (χ0) is 22.3. The minimum atomic E-state index is -0.0932. The summed E-state index contributed by atoms with van der Waals surface area (Å²) >= 11 is 0. The van der Waals surface area contributed by atoms with E-state index in [1.165, 1.54) is 5.56 Å². The van der Waals surface area contributed by atoms with Gasteiger partial charge in [-0.05, 0) is 35.7 Å². The minimum absolute atomic E-state index is 0.0932. The molecule has 0 radical (unpaired) electrons. The first-order chi connectivity index (χ1) is 15.6. The number of fused-ring (bicyclic) bond motifs is 1. The normalized spacial score (nSPS) is 14.9. The third-order valence-corrected chi connectivity index (χ3v) is 6.08. The van der Waals surface area contributed by atoms with Crippen LogP contribution in [0.2, 0.25) is 0 Å². The Kier molecular flexibility index (Phi) is 7.17. The van der Waals surface area contributed by atoms with Crippen LogP contribution in [0, 0.1) is 0 Å². The number of hydrogen-bond donors (Lipinski definition) is 1. The average Bonchev–Trinajstić information content (AvgIpc) is 3.11. The molecule has 1 aliphatic rings. The zero-order valence-corrected chi connectivity index (χ0v) is 18.8. The number of methoxy groups -OCH3 is 1. The largest absolute Gasteiger partial charge is 0.497 e. The standard InChI is InChI=1S/C25H31N5O2/c1-19(20-6-4-3-5-7-20)18-29-15-13-24-28-27-23(30(24)17-16-29)12-14-26-25(31)21-8-10-22(32-2)11-9-21/h3-11,19H,12-18H2,1-2H3,(H,26,31). The topological polar surface area (TPSA) is 72.3 Å². The van der Waals surface area contributed by atoms with Crippen molar-refractivity contribution in [1.82, 2.24) is 25.0 Å². The molecule has 1 atom stereocenters. The molecule has 0 saturated carbocycles. The molecule has 7 nitrogen and oxygen atoms in total. The molecule has 0 bridgehead atoms. The molecule has 1 aromatic heterocycles. The lowest BCUT2D eigenvalue weighted by molar-refractivity contribution is 0.0954. The van der Waals surface area contributed by atoms with Gasteiger partial charge in [-0.2, -0.15) is 0 Å². The number of ether oxygens (including phenoxy) is 1. The Balaban J connectivity index is 1.29. The fourth-order valence-electron chi connectivity index (χ4n) is 4.20. The third kappa shape index (κ3) is 5.34. The Morgan fingerprint density at radius 1 is 1.06 bits per heavy atom. The maximum Gasteiger partial charge on any atom is 0.251 e. The van der Waals surface area contributed by atoms with Gasteiger partial charge < -0.3 is 19.5 Å². The van der Waals surface area contributed by atoms with Crippen LogP contribution in [0.5, 0.6) is 5.75 Å². The Labute approximate surface area is 189 Å². The fraction of sp³-hybridized carbons (Fsp3) is 0.400. The molecular formula is C25H31N5O2. The number of rotatable bonds is 8. The van der Waals surface area contributed by atoms with Gasteiger partial charge in [0.1, 0.15) is 17.4 Å². The Morgan fingerprint density at radius 2 is 1.84 bits per heavy atom. The number of carbonyl (C=O) groups excluding carboxylic acids is 1. The van der Waals surface area contributed by atoms with E-state index >= 15 is 0 Å². The Bertz CT molecular complexity index is 1020. The second kappa shape index (κ2) is 10.4. The molecule has 0 aliphatic carbocycles. The quantitative estimate of drug-likeness (QED) is 0.591. The molecule has 2 aromatic carbocycles. The van der Waals surface area contributed by atoms with Crippen molar-refractivity contribution in [3.63, 3.8) is 0 Å². The molecule has 168 valence electrons. The second-order valence-corrected chi connectivity index (χ2v) is 8.28. The van der Waals surface area contributed by atoms with Crippen LogP contribution in [0.1, 0.15) is 40.4 Å². The predicted octanol–water partition coefficient (Wildman–Crippen LogP) is 2.92. The van der Waals surface area contributed by atoms with E-state index in [1.807, 2.05) is 0 Å². The van der Waals surface area contributed by atoms with E-state index in [9.17, 15) is 4.79 Å². The molecule has 0 fully saturated rings. The molecule has 3 aromatic rings. The van der Waals surface area contributed by atoms with Crippen molar-refractivity contribution < 1.29 is 9.53 Å². The van der Waals surface area contributed by atoms with Gasteiger partial charge in [0, 0.05) is 51.1 Å². The number of benzene rings is 2. The van der Waals surface area contributed by atoms with Crippen molar-refractivity contribution in [1.29, 1.82) is 0 Å². The van der Waals surface area contributed by atoms with Gasteiger partial charge in [0.15, 0.2) is 0 Å². The summed E-state index contributed by atoms with van der Waals surface area (Å²) in [4.78, 5) is 14.9. The van der Waals surface area contributed by atoms with Crippen molar-refractivity contribution in [3.8, 4) is 5.75 Å². The molecule has 1 unspecified atom stereocenters. The Hall–Kier alpha value is -3.19. The lowest BCUT2D eigenvalue weighted by Gasteiger charge is -2.24.